The van der Waals surface area contributed by atoms with Gasteiger partial charge in [0, 0.05) is 18.7 Å². The number of ether oxygens (including phenoxy) is 1. The van der Waals surface area contributed by atoms with Gasteiger partial charge in [-0.25, -0.2) is 0 Å². The first-order valence-electron chi connectivity index (χ1n) is 11.2. The molecule has 1 aliphatic rings. The van der Waals surface area contributed by atoms with Gasteiger partial charge in [0.2, 0.25) is 0 Å². The van der Waals surface area contributed by atoms with Gasteiger partial charge in [-0.3, -0.25) is 14.9 Å². The lowest BCUT2D eigenvalue weighted by molar-refractivity contribution is -0.380. The number of nitrogens with one attached hydrogen (secondary N) is 1. The van der Waals surface area contributed by atoms with Gasteiger partial charge < -0.3 is 15.0 Å². The number of carbonyl (C=O) groups is 1. The molecule has 1 atom stereocenters. The molecule has 3 aromatic rings. The molecule has 0 radical (unpaired) electrons. The zero-order valence-corrected chi connectivity index (χ0v) is 21.6. The normalized spacial score (nSPS) is 15.9. The predicted molar refractivity (Wildman–Crippen MR) is 141 cm³/mol. The highest BCUT2D eigenvalue weighted by atomic mass is 32.2. The van der Waals surface area contributed by atoms with E-state index in [9.17, 15) is 14.9 Å². The number of para-hydroxylation sites is 1. The van der Waals surface area contributed by atoms with Crippen molar-refractivity contribution in [2.45, 2.75) is 38.1 Å². The van der Waals surface area contributed by atoms with Crippen LogP contribution >= 0.6 is 23.1 Å². The third-order valence-corrected chi connectivity index (χ3v) is 8.33. The highest BCUT2D eigenvalue weighted by Gasteiger charge is 2.35. The number of amides is 1. The van der Waals surface area contributed by atoms with E-state index in [1.807, 2.05) is 42.3 Å². The summed E-state index contributed by atoms with van der Waals surface area (Å²) in [5.74, 6) is 0.332. The molecule has 0 saturated carbocycles. The highest BCUT2D eigenvalue weighted by molar-refractivity contribution is 8.03. The summed E-state index contributed by atoms with van der Waals surface area (Å²) >= 11 is 2.25. The lowest BCUT2D eigenvalue weighted by Gasteiger charge is -2.26. The van der Waals surface area contributed by atoms with Crippen LogP contribution in [0.2, 0.25) is 0 Å². The fourth-order valence-electron chi connectivity index (χ4n) is 3.63. The second-order valence-electron chi connectivity index (χ2n) is 8.82. The quantitative estimate of drug-likeness (QED) is 0.278. The molecule has 1 unspecified atom stereocenters. The Bertz CT molecular complexity index is 1250. The van der Waals surface area contributed by atoms with Crippen LogP contribution in [0.5, 0.6) is 5.75 Å². The van der Waals surface area contributed by atoms with E-state index < -0.39 is 10.4 Å². The van der Waals surface area contributed by atoms with E-state index in [4.69, 9.17) is 4.74 Å². The Morgan fingerprint density at radius 1 is 1.11 bits per heavy atom. The Morgan fingerprint density at radius 2 is 1.80 bits per heavy atom. The van der Waals surface area contributed by atoms with Crippen molar-refractivity contribution in [3.8, 4) is 5.75 Å². The van der Waals surface area contributed by atoms with Gasteiger partial charge in [0.25, 0.3) is 5.91 Å². The minimum absolute atomic E-state index is 0.0652. The largest absolute Gasteiger partial charge is 0.448 e. The van der Waals surface area contributed by atoms with Crippen molar-refractivity contribution in [2.24, 2.45) is 0 Å². The monoisotopic (exact) mass is 509 g/mol. The molecule has 0 bridgehead atoms. The number of hydrogen-bond donors (Lipinski definition) is 1. The molecule has 7 nitrogen and oxygen atoms in total. The summed E-state index contributed by atoms with van der Waals surface area (Å²) in [6, 6.07) is 20.8. The van der Waals surface area contributed by atoms with Crippen LogP contribution in [0.3, 0.4) is 0 Å². The molecule has 0 saturated heterocycles. The molecule has 1 aromatic heterocycles. The van der Waals surface area contributed by atoms with Crippen LogP contribution in [0.15, 0.2) is 71.8 Å². The maximum atomic E-state index is 12.9. The Labute approximate surface area is 213 Å². The summed E-state index contributed by atoms with van der Waals surface area (Å²) in [6.07, 6.45) is 1.03. The Hall–Kier alpha value is -3.30. The molecule has 182 valence electrons. The molecule has 2 heterocycles. The van der Waals surface area contributed by atoms with E-state index in [1.165, 1.54) is 29.5 Å². The zero-order chi connectivity index (χ0) is 25.2. The topological polar surface area (TPSA) is 84.7 Å². The molecule has 0 aliphatic carbocycles. The average Bonchev–Trinajstić information content (AvgIpc) is 3.46. The standard InChI is InChI=1S/C26H27N3O4S2/c1-5-26(2,3)18-13-11-17(12-14-18)22-24(33-19-9-7-6-8-10-19)35-25(28(22)4)27-23(30)20-15-16-21(34-20)29(31)32/h6-16,25H,5H2,1-4H3,(H,27,30). The highest BCUT2D eigenvalue weighted by Crippen LogP contribution is 2.42. The van der Waals surface area contributed by atoms with E-state index in [0.29, 0.717) is 10.8 Å². The maximum Gasteiger partial charge on any atom is 0.324 e. The fraction of sp³-hybridized carbons (Fsp3) is 0.269. The summed E-state index contributed by atoms with van der Waals surface area (Å²) in [7, 11) is 1.90. The third kappa shape index (κ3) is 5.36. The number of nitro groups is 1. The minimum Gasteiger partial charge on any atom is -0.448 e. The van der Waals surface area contributed by atoms with Crippen molar-refractivity contribution in [3.63, 3.8) is 0 Å². The predicted octanol–water partition coefficient (Wildman–Crippen LogP) is 6.44. The lowest BCUT2D eigenvalue weighted by Crippen LogP contribution is -2.40. The second-order valence-corrected chi connectivity index (χ2v) is 10.9. The van der Waals surface area contributed by atoms with Gasteiger partial charge in [-0.05, 0) is 47.4 Å². The van der Waals surface area contributed by atoms with Crippen LogP contribution in [-0.2, 0) is 5.41 Å². The van der Waals surface area contributed by atoms with E-state index in [0.717, 1.165) is 29.0 Å². The van der Waals surface area contributed by atoms with Crippen molar-refractivity contribution in [2.75, 3.05) is 7.05 Å². The number of benzene rings is 2. The summed E-state index contributed by atoms with van der Waals surface area (Å²) < 4.78 is 6.25. The van der Waals surface area contributed by atoms with Crippen molar-refractivity contribution in [1.82, 2.24) is 10.2 Å². The summed E-state index contributed by atoms with van der Waals surface area (Å²) in [5.41, 5.74) is 2.73. The van der Waals surface area contributed by atoms with Crippen LogP contribution in [0.4, 0.5) is 5.00 Å². The molecule has 4 rings (SSSR count). The Balaban J connectivity index is 1.62. The molecule has 0 spiro atoms. The van der Waals surface area contributed by atoms with Crippen molar-refractivity contribution < 1.29 is 14.5 Å². The fourth-order valence-corrected chi connectivity index (χ4v) is 5.50. The smallest absolute Gasteiger partial charge is 0.324 e. The van der Waals surface area contributed by atoms with Gasteiger partial charge in [0.15, 0.2) is 10.6 Å². The third-order valence-electron chi connectivity index (χ3n) is 6.14. The number of nitrogens with zero attached hydrogens (tertiary/aromatic N) is 2. The molecule has 1 N–H and O–H groups in total. The van der Waals surface area contributed by atoms with E-state index in [1.54, 1.807) is 0 Å². The van der Waals surface area contributed by atoms with Crippen LogP contribution in [-0.4, -0.2) is 28.3 Å². The van der Waals surface area contributed by atoms with E-state index >= 15 is 0 Å². The van der Waals surface area contributed by atoms with Crippen LogP contribution < -0.4 is 10.1 Å². The molecule has 35 heavy (non-hydrogen) atoms. The summed E-state index contributed by atoms with van der Waals surface area (Å²) in [4.78, 5) is 25.6. The van der Waals surface area contributed by atoms with Crippen molar-refractivity contribution in [1.29, 1.82) is 0 Å². The first-order chi connectivity index (χ1) is 16.7. The van der Waals surface area contributed by atoms with Crippen LogP contribution in [0, 0.1) is 10.1 Å². The van der Waals surface area contributed by atoms with Gasteiger partial charge >= 0.3 is 5.00 Å². The molecular formula is C26H27N3O4S2. The number of thiophene rings is 1. The van der Waals surface area contributed by atoms with E-state index in [-0.39, 0.29) is 21.2 Å². The molecule has 9 heteroatoms. The SMILES string of the molecule is CCC(C)(C)c1ccc(C2=C(Oc3ccccc3)SC(NC(=O)c3ccc([N+](=O)[O-])s3)N2C)cc1. The molecular weight excluding hydrogens is 482 g/mol. The molecule has 1 amide bonds. The lowest BCUT2D eigenvalue weighted by atomic mass is 9.82. The van der Waals surface area contributed by atoms with Crippen molar-refractivity contribution >= 4 is 39.7 Å². The first kappa shape index (κ1) is 24.8. The maximum absolute atomic E-state index is 12.9. The second kappa shape index (κ2) is 10.1. The molecule has 0 fully saturated rings. The Kier molecular flexibility index (Phi) is 7.18. The average molecular weight is 510 g/mol. The number of rotatable bonds is 8. The van der Waals surface area contributed by atoms with Gasteiger partial charge in [-0.2, -0.15) is 0 Å². The van der Waals surface area contributed by atoms with Crippen molar-refractivity contribution in [3.05, 3.63) is 97.9 Å². The van der Waals surface area contributed by atoms with Gasteiger partial charge in [0.1, 0.15) is 5.75 Å². The number of hydrogen-bond acceptors (Lipinski definition) is 7. The van der Waals surface area contributed by atoms with Gasteiger partial charge in [0.05, 0.1) is 15.5 Å². The van der Waals surface area contributed by atoms with Crippen LogP contribution in [0.1, 0.15) is 48.0 Å². The zero-order valence-electron chi connectivity index (χ0n) is 20.0. The molecule has 2 aromatic carbocycles. The van der Waals surface area contributed by atoms with Crippen LogP contribution in [0.25, 0.3) is 5.70 Å². The number of carbonyl (C=O) groups excluding carboxylic acids is 1. The van der Waals surface area contributed by atoms with Gasteiger partial charge in [-0.15, -0.1) is 0 Å². The molecule has 1 aliphatic heterocycles. The van der Waals surface area contributed by atoms with E-state index in [2.05, 4.69) is 50.4 Å². The van der Waals surface area contributed by atoms with Gasteiger partial charge in [-0.1, -0.05) is 74.6 Å². The number of thioether (sulfide) groups is 1. The summed E-state index contributed by atoms with van der Waals surface area (Å²) in [6.45, 7) is 6.63. The first-order valence-corrected chi connectivity index (χ1v) is 12.9. The Morgan fingerprint density at radius 3 is 2.40 bits per heavy atom. The summed E-state index contributed by atoms with van der Waals surface area (Å²) in [5, 5.41) is 14.6. The minimum atomic E-state index is -0.493.